The van der Waals surface area contributed by atoms with E-state index >= 15 is 0 Å². The third-order valence-electron chi connectivity index (χ3n) is 2.89. The van der Waals surface area contributed by atoms with Gasteiger partial charge in [-0.05, 0) is 13.3 Å². The Morgan fingerprint density at radius 3 is 2.74 bits per heavy atom. The Morgan fingerprint density at radius 2 is 2.26 bits per heavy atom. The Labute approximate surface area is 111 Å². The maximum atomic E-state index is 11.1. The molecular weight excluding hydrogens is 250 g/mol. The normalized spacial score (nSPS) is 14.2. The average molecular weight is 271 g/mol. The van der Waals surface area contributed by atoms with Gasteiger partial charge in [-0.2, -0.15) is 5.10 Å². The van der Waals surface area contributed by atoms with Gasteiger partial charge in [0.05, 0.1) is 11.0 Å². The third-order valence-corrected chi connectivity index (χ3v) is 2.89. The molecule has 108 valence electrons. The summed E-state index contributed by atoms with van der Waals surface area (Å²) >= 11 is 0. The molecule has 0 radical (unpaired) electrons. The van der Waals surface area contributed by atoms with Crippen molar-refractivity contribution in [1.29, 1.82) is 0 Å². The van der Waals surface area contributed by atoms with Crippen molar-refractivity contribution in [3.8, 4) is 0 Å². The van der Waals surface area contributed by atoms with Gasteiger partial charge in [-0.15, -0.1) is 0 Å². The number of aromatic nitrogens is 2. The fraction of sp³-hybridized carbons (Fsp3) is 0.727. The fourth-order valence-corrected chi connectivity index (χ4v) is 1.75. The van der Waals surface area contributed by atoms with Gasteiger partial charge in [-0.1, -0.05) is 13.3 Å². The molecule has 19 heavy (non-hydrogen) atoms. The van der Waals surface area contributed by atoms with Crippen LogP contribution in [0, 0.1) is 10.1 Å². The van der Waals surface area contributed by atoms with E-state index in [0.717, 1.165) is 6.42 Å². The predicted molar refractivity (Wildman–Crippen MR) is 72.0 cm³/mol. The molecule has 0 aliphatic rings. The Bertz CT molecular complexity index is 444. The average Bonchev–Trinajstić information content (AvgIpc) is 2.62. The molecule has 0 saturated heterocycles. The number of nitrogens with two attached hydrogens (primary N) is 1. The molecule has 1 aromatic rings. The number of nitro groups is 1. The third kappa shape index (κ3) is 3.65. The topological polar surface area (TPSA) is 119 Å². The van der Waals surface area contributed by atoms with E-state index in [0.29, 0.717) is 17.9 Å². The Balaban J connectivity index is 2.96. The van der Waals surface area contributed by atoms with E-state index in [4.69, 9.17) is 5.73 Å². The first-order chi connectivity index (χ1) is 8.88. The van der Waals surface area contributed by atoms with Crippen LogP contribution in [0.4, 0.5) is 11.5 Å². The zero-order valence-electron chi connectivity index (χ0n) is 11.5. The summed E-state index contributed by atoms with van der Waals surface area (Å²) in [4.78, 5) is 10.7. The van der Waals surface area contributed by atoms with Gasteiger partial charge in [0.2, 0.25) is 5.82 Å². The fourth-order valence-electron chi connectivity index (χ4n) is 1.75. The van der Waals surface area contributed by atoms with Crippen LogP contribution in [0.2, 0.25) is 0 Å². The zero-order valence-corrected chi connectivity index (χ0v) is 11.5. The van der Waals surface area contributed by atoms with Crippen molar-refractivity contribution in [2.24, 2.45) is 12.8 Å². The summed E-state index contributed by atoms with van der Waals surface area (Å²) in [6.07, 6.45) is 0.647. The van der Waals surface area contributed by atoms with E-state index in [2.05, 4.69) is 10.4 Å². The van der Waals surface area contributed by atoms with Crippen LogP contribution >= 0.6 is 0 Å². The number of rotatable bonds is 7. The van der Waals surface area contributed by atoms with Gasteiger partial charge in [-0.3, -0.25) is 10.1 Å². The lowest BCUT2D eigenvalue weighted by molar-refractivity contribution is -0.384. The molecule has 1 heterocycles. The maximum Gasteiger partial charge on any atom is 0.333 e. The van der Waals surface area contributed by atoms with Crippen molar-refractivity contribution in [1.82, 2.24) is 9.78 Å². The number of aliphatic hydroxyl groups is 1. The van der Waals surface area contributed by atoms with E-state index in [1.165, 1.54) is 4.68 Å². The van der Waals surface area contributed by atoms with Crippen molar-refractivity contribution in [3.63, 3.8) is 0 Å². The van der Waals surface area contributed by atoms with Crippen LogP contribution in [0.3, 0.4) is 0 Å². The van der Waals surface area contributed by atoms with Crippen LogP contribution in [0.5, 0.6) is 0 Å². The molecule has 8 nitrogen and oxygen atoms in total. The minimum Gasteiger partial charge on any atom is -0.392 e. The second kappa shape index (κ2) is 6.48. The summed E-state index contributed by atoms with van der Waals surface area (Å²) in [6.45, 7) is 3.75. The van der Waals surface area contributed by atoms with E-state index < -0.39 is 17.1 Å². The molecule has 0 amide bonds. The molecule has 0 saturated carbocycles. The smallest absolute Gasteiger partial charge is 0.333 e. The van der Waals surface area contributed by atoms with Gasteiger partial charge < -0.3 is 16.2 Å². The van der Waals surface area contributed by atoms with Crippen molar-refractivity contribution >= 4 is 11.5 Å². The molecule has 0 aliphatic heterocycles. The van der Waals surface area contributed by atoms with E-state index in [9.17, 15) is 15.2 Å². The summed E-state index contributed by atoms with van der Waals surface area (Å²) in [5.74, 6) is 0.324. The van der Waals surface area contributed by atoms with Gasteiger partial charge in [-0.25, -0.2) is 4.68 Å². The highest BCUT2D eigenvalue weighted by molar-refractivity contribution is 5.60. The highest BCUT2D eigenvalue weighted by atomic mass is 16.6. The molecule has 1 aromatic heterocycles. The van der Waals surface area contributed by atoms with E-state index in [1.54, 1.807) is 14.0 Å². The van der Waals surface area contributed by atoms with Gasteiger partial charge in [0.25, 0.3) is 0 Å². The molecule has 0 bridgehead atoms. The number of hydrogen-bond acceptors (Lipinski definition) is 6. The number of aryl methyl sites for hydroxylation is 2. The number of anilines is 1. The largest absolute Gasteiger partial charge is 0.392 e. The molecule has 8 heteroatoms. The summed E-state index contributed by atoms with van der Waals surface area (Å²) < 4.78 is 1.44. The molecular formula is C11H21N5O3. The Kier molecular flexibility index (Phi) is 5.25. The zero-order chi connectivity index (χ0) is 14.6. The molecule has 2 atom stereocenters. The molecule has 0 aromatic carbocycles. The number of nitrogens with one attached hydrogen (secondary N) is 1. The quantitative estimate of drug-likeness (QED) is 0.488. The van der Waals surface area contributed by atoms with Gasteiger partial charge in [0.15, 0.2) is 0 Å². The summed E-state index contributed by atoms with van der Waals surface area (Å²) in [5.41, 5.74) is 6.14. The monoisotopic (exact) mass is 271 g/mol. The summed E-state index contributed by atoms with van der Waals surface area (Å²) in [6, 6.07) is -0.496. The Morgan fingerprint density at radius 1 is 1.63 bits per heavy atom. The summed E-state index contributed by atoms with van der Waals surface area (Å²) in [7, 11) is 1.64. The lowest BCUT2D eigenvalue weighted by Gasteiger charge is -2.15. The molecule has 0 fully saturated rings. The number of nitrogens with zero attached hydrogens (tertiary/aromatic N) is 3. The highest BCUT2D eigenvalue weighted by Crippen LogP contribution is 2.28. The lowest BCUT2D eigenvalue weighted by atomic mass is 10.2. The van der Waals surface area contributed by atoms with Crippen molar-refractivity contribution in [3.05, 3.63) is 15.8 Å². The first-order valence-electron chi connectivity index (χ1n) is 6.26. The molecule has 2 unspecified atom stereocenters. The number of hydrogen-bond donors (Lipinski definition) is 3. The highest BCUT2D eigenvalue weighted by Gasteiger charge is 2.26. The second-order valence-corrected chi connectivity index (χ2v) is 4.56. The minimum absolute atomic E-state index is 0.0119. The molecule has 0 spiro atoms. The molecule has 1 rings (SSSR count). The van der Waals surface area contributed by atoms with Crippen LogP contribution in [-0.2, 0) is 13.5 Å². The summed E-state index contributed by atoms with van der Waals surface area (Å²) in [5, 5.41) is 27.5. The minimum atomic E-state index is -0.685. The van der Waals surface area contributed by atoms with Gasteiger partial charge in [0.1, 0.15) is 5.69 Å². The molecule has 4 N–H and O–H groups in total. The standard InChI is InChI=1S/C11H21N5O3/c1-4-5-9-10(16(18)19)11(15(3)14-9)13-6-8(12)7(2)17/h7-8,13,17H,4-6,12H2,1-3H3. The predicted octanol–water partition coefficient (Wildman–Crippen LogP) is 0.401. The number of aliphatic hydroxyl groups excluding tert-OH is 1. The van der Waals surface area contributed by atoms with Gasteiger partial charge in [0, 0.05) is 19.6 Å². The molecule has 0 aliphatic carbocycles. The van der Waals surface area contributed by atoms with Crippen LogP contribution < -0.4 is 11.1 Å². The van der Waals surface area contributed by atoms with Crippen LogP contribution in [0.15, 0.2) is 0 Å². The lowest BCUT2D eigenvalue weighted by Crippen LogP contribution is -2.39. The van der Waals surface area contributed by atoms with E-state index in [1.807, 2.05) is 6.92 Å². The van der Waals surface area contributed by atoms with Crippen molar-refractivity contribution in [2.75, 3.05) is 11.9 Å². The van der Waals surface area contributed by atoms with Crippen LogP contribution in [0.25, 0.3) is 0 Å². The van der Waals surface area contributed by atoms with Crippen LogP contribution in [-0.4, -0.2) is 38.5 Å². The van der Waals surface area contributed by atoms with Crippen LogP contribution in [0.1, 0.15) is 26.0 Å². The SMILES string of the molecule is CCCc1nn(C)c(NCC(N)C(C)O)c1[N+](=O)[O-]. The van der Waals surface area contributed by atoms with E-state index in [-0.39, 0.29) is 12.2 Å². The van der Waals surface area contributed by atoms with Crippen molar-refractivity contribution < 1.29 is 10.0 Å². The first kappa shape index (κ1) is 15.4. The first-order valence-corrected chi connectivity index (χ1v) is 6.26. The van der Waals surface area contributed by atoms with Gasteiger partial charge >= 0.3 is 5.69 Å². The maximum absolute atomic E-state index is 11.1. The van der Waals surface area contributed by atoms with Crippen molar-refractivity contribution in [2.45, 2.75) is 38.8 Å². The Hall–Kier alpha value is -1.67. The second-order valence-electron chi connectivity index (χ2n) is 4.56.